The minimum atomic E-state index is -0.313. The van der Waals surface area contributed by atoms with Gasteiger partial charge in [-0.2, -0.15) is 0 Å². The quantitative estimate of drug-likeness (QED) is 0.880. The first-order valence-electron chi connectivity index (χ1n) is 8.46. The van der Waals surface area contributed by atoms with Gasteiger partial charge in [0.1, 0.15) is 0 Å². The molecule has 124 valence electrons. The van der Waals surface area contributed by atoms with Gasteiger partial charge in [-0.3, -0.25) is 4.79 Å². The van der Waals surface area contributed by atoms with Crippen LogP contribution >= 0.6 is 15.9 Å². The Kier molecular flexibility index (Phi) is 3.97. The number of amides is 1. The lowest BCUT2D eigenvalue weighted by molar-refractivity contribution is -0.133. The van der Waals surface area contributed by atoms with Gasteiger partial charge in [0.05, 0.1) is 5.41 Å². The van der Waals surface area contributed by atoms with Crippen molar-refractivity contribution in [2.45, 2.75) is 30.2 Å². The van der Waals surface area contributed by atoms with Crippen LogP contribution in [0.5, 0.6) is 0 Å². The van der Waals surface area contributed by atoms with E-state index in [0.29, 0.717) is 6.54 Å². The largest absolute Gasteiger partial charge is 0.340 e. The molecule has 1 amide bonds. The summed E-state index contributed by atoms with van der Waals surface area (Å²) in [5, 5.41) is 0. The second kappa shape index (κ2) is 6.01. The zero-order chi connectivity index (χ0) is 16.7. The van der Waals surface area contributed by atoms with Crippen LogP contribution in [0.4, 0.5) is 0 Å². The number of rotatable bonds is 3. The molecule has 2 atom stereocenters. The molecule has 1 saturated carbocycles. The third-order valence-electron chi connectivity index (χ3n) is 5.44. The monoisotopic (exact) mass is 384 g/mol. The van der Waals surface area contributed by atoms with Crippen molar-refractivity contribution >= 4 is 21.8 Å². The molecule has 0 unspecified atom stereocenters. The predicted octanol–water partition coefficient (Wildman–Crippen LogP) is 3.43. The Morgan fingerprint density at radius 2 is 1.71 bits per heavy atom. The number of hydrogen-bond acceptors (Lipinski definition) is 2. The molecule has 2 N–H and O–H groups in total. The van der Waals surface area contributed by atoms with Crippen molar-refractivity contribution in [2.24, 2.45) is 5.73 Å². The fourth-order valence-electron chi connectivity index (χ4n) is 3.87. The van der Waals surface area contributed by atoms with E-state index in [4.69, 9.17) is 5.73 Å². The smallest absolute Gasteiger partial charge is 0.233 e. The van der Waals surface area contributed by atoms with Crippen LogP contribution < -0.4 is 5.73 Å². The maximum absolute atomic E-state index is 13.2. The molecule has 4 rings (SSSR count). The minimum Gasteiger partial charge on any atom is -0.340 e. The second-order valence-electron chi connectivity index (χ2n) is 6.98. The number of halogens is 1. The molecule has 1 heterocycles. The van der Waals surface area contributed by atoms with Gasteiger partial charge < -0.3 is 10.6 Å². The summed E-state index contributed by atoms with van der Waals surface area (Å²) in [6.45, 7) is 1.37. The van der Waals surface area contributed by atoms with Crippen LogP contribution in [0.2, 0.25) is 0 Å². The summed E-state index contributed by atoms with van der Waals surface area (Å²) in [7, 11) is 0. The van der Waals surface area contributed by atoms with Gasteiger partial charge in [0.25, 0.3) is 0 Å². The molecule has 24 heavy (non-hydrogen) atoms. The van der Waals surface area contributed by atoms with Gasteiger partial charge in [0.15, 0.2) is 0 Å². The summed E-state index contributed by atoms with van der Waals surface area (Å²) in [6, 6.07) is 18.5. The first-order chi connectivity index (χ1) is 11.6. The lowest BCUT2D eigenvalue weighted by Crippen LogP contribution is -2.39. The molecule has 1 saturated heterocycles. The number of carbonyl (C=O) groups is 1. The van der Waals surface area contributed by atoms with Crippen molar-refractivity contribution < 1.29 is 4.79 Å². The van der Waals surface area contributed by atoms with E-state index in [-0.39, 0.29) is 23.3 Å². The van der Waals surface area contributed by atoms with E-state index < -0.39 is 0 Å². The molecule has 2 aromatic rings. The van der Waals surface area contributed by atoms with E-state index in [9.17, 15) is 4.79 Å². The SMILES string of the molecule is N[C@@H]1CN(C(=O)C2(c3ccc(Br)cc3)CC2)C[C@H]1c1ccccc1. The molecule has 4 heteroatoms. The molecule has 0 aromatic heterocycles. The third-order valence-corrected chi connectivity index (χ3v) is 5.96. The Bertz CT molecular complexity index is 740. The van der Waals surface area contributed by atoms with Crippen molar-refractivity contribution in [2.75, 3.05) is 13.1 Å². The molecule has 2 aliphatic rings. The molecule has 1 aliphatic carbocycles. The highest BCUT2D eigenvalue weighted by molar-refractivity contribution is 9.10. The summed E-state index contributed by atoms with van der Waals surface area (Å²) in [5.41, 5.74) is 8.41. The first kappa shape index (κ1) is 15.9. The highest BCUT2D eigenvalue weighted by Crippen LogP contribution is 2.50. The topological polar surface area (TPSA) is 46.3 Å². The second-order valence-corrected chi connectivity index (χ2v) is 7.90. The zero-order valence-corrected chi connectivity index (χ0v) is 15.1. The lowest BCUT2D eigenvalue weighted by atomic mass is 9.94. The molecule has 2 aromatic carbocycles. The van der Waals surface area contributed by atoms with Crippen LogP contribution in [-0.4, -0.2) is 29.9 Å². The molecule has 0 bridgehead atoms. The number of hydrogen-bond donors (Lipinski definition) is 1. The Morgan fingerprint density at radius 3 is 2.33 bits per heavy atom. The van der Waals surface area contributed by atoms with E-state index in [1.54, 1.807) is 0 Å². The van der Waals surface area contributed by atoms with E-state index in [1.807, 2.05) is 35.2 Å². The molecule has 2 fully saturated rings. The highest BCUT2D eigenvalue weighted by atomic mass is 79.9. The number of carbonyl (C=O) groups excluding carboxylic acids is 1. The van der Waals surface area contributed by atoms with Gasteiger partial charge >= 0.3 is 0 Å². The standard InChI is InChI=1S/C20H21BrN2O/c21-16-8-6-15(7-9-16)20(10-11-20)19(24)23-12-17(18(22)13-23)14-4-2-1-3-5-14/h1-9,17-18H,10-13,22H2/t17-,18+/m0/s1. The van der Waals surface area contributed by atoms with E-state index in [1.165, 1.54) is 5.56 Å². The fourth-order valence-corrected chi connectivity index (χ4v) is 4.13. The predicted molar refractivity (Wildman–Crippen MR) is 98.8 cm³/mol. The van der Waals surface area contributed by atoms with Crippen LogP contribution in [-0.2, 0) is 10.2 Å². The summed E-state index contributed by atoms with van der Waals surface area (Å²) in [4.78, 5) is 15.2. The molecule has 0 spiro atoms. The lowest BCUT2D eigenvalue weighted by Gasteiger charge is -2.23. The molecule has 1 aliphatic heterocycles. The van der Waals surface area contributed by atoms with Crippen molar-refractivity contribution in [1.29, 1.82) is 0 Å². The number of likely N-dealkylation sites (tertiary alicyclic amines) is 1. The van der Waals surface area contributed by atoms with E-state index >= 15 is 0 Å². The molecular formula is C20H21BrN2O. The molecular weight excluding hydrogens is 364 g/mol. The van der Waals surface area contributed by atoms with Crippen LogP contribution in [0.25, 0.3) is 0 Å². The number of benzene rings is 2. The van der Waals surface area contributed by atoms with Gasteiger partial charge in [-0.25, -0.2) is 0 Å². The summed E-state index contributed by atoms with van der Waals surface area (Å²) in [5.74, 6) is 0.481. The average molecular weight is 385 g/mol. The van der Waals surface area contributed by atoms with E-state index in [2.05, 4.69) is 40.2 Å². The third kappa shape index (κ3) is 2.68. The van der Waals surface area contributed by atoms with Crippen LogP contribution in [0.15, 0.2) is 59.1 Å². The summed E-state index contributed by atoms with van der Waals surface area (Å²) in [6.07, 6.45) is 1.88. The molecule has 3 nitrogen and oxygen atoms in total. The van der Waals surface area contributed by atoms with Gasteiger partial charge in [-0.05, 0) is 36.1 Å². The fraction of sp³-hybridized carbons (Fsp3) is 0.350. The Morgan fingerprint density at radius 1 is 1.04 bits per heavy atom. The average Bonchev–Trinajstić information content (AvgIpc) is 3.32. The Balaban J connectivity index is 1.54. The normalized spacial score (nSPS) is 24.8. The summed E-state index contributed by atoms with van der Waals surface area (Å²) < 4.78 is 1.04. The zero-order valence-electron chi connectivity index (χ0n) is 13.5. The first-order valence-corrected chi connectivity index (χ1v) is 9.25. The van der Waals surface area contributed by atoms with Crippen molar-refractivity contribution in [3.63, 3.8) is 0 Å². The van der Waals surface area contributed by atoms with Crippen LogP contribution in [0.3, 0.4) is 0 Å². The van der Waals surface area contributed by atoms with Gasteiger partial charge in [0.2, 0.25) is 5.91 Å². The van der Waals surface area contributed by atoms with E-state index in [0.717, 1.165) is 29.4 Å². The van der Waals surface area contributed by atoms with Crippen molar-refractivity contribution in [3.8, 4) is 0 Å². The van der Waals surface area contributed by atoms with Gasteiger partial charge in [-0.15, -0.1) is 0 Å². The van der Waals surface area contributed by atoms with Crippen LogP contribution in [0, 0.1) is 0 Å². The summed E-state index contributed by atoms with van der Waals surface area (Å²) >= 11 is 3.47. The Hall–Kier alpha value is -1.65. The van der Waals surface area contributed by atoms with Crippen molar-refractivity contribution in [3.05, 3.63) is 70.2 Å². The van der Waals surface area contributed by atoms with Gasteiger partial charge in [-0.1, -0.05) is 58.4 Å². The molecule has 0 radical (unpaired) electrons. The van der Waals surface area contributed by atoms with Crippen molar-refractivity contribution in [1.82, 2.24) is 4.90 Å². The maximum atomic E-state index is 13.2. The van der Waals surface area contributed by atoms with Crippen LogP contribution in [0.1, 0.15) is 29.9 Å². The Labute approximate surface area is 151 Å². The number of nitrogens with zero attached hydrogens (tertiary/aromatic N) is 1. The highest BCUT2D eigenvalue weighted by Gasteiger charge is 2.54. The number of nitrogens with two attached hydrogens (primary N) is 1. The minimum absolute atomic E-state index is 0.0112. The maximum Gasteiger partial charge on any atom is 0.233 e. The van der Waals surface area contributed by atoms with Gasteiger partial charge in [0, 0.05) is 29.5 Å².